The van der Waals surface area contributed by atoms with Crippen LogP contribution in [-0.4, -0.2) is 15.9 Å². The standard InChI is InChI=1S/C21H29N3O2/c1-13-9-10-22-19(23-13)24-15-11-16(20(3,4)5)18(26-14(2)25)17(12-15)21(6,7)8/h9-12H,1-8H3,(H,22,23,24). The number of aromatic nitrogens is 2. The summed E-state index contributed by atoms with van der Waals surface area (Å²) in [6, 6.07) is 5.88. The Hall–Kier alpha value is -2.43. The highest BCUT2D eigenvalue weighted by atomic mass is 16.5. The molecule has 0 atom stereocenters. The number of benzene rings is 1. The third-order valence-corrected chi connectivity index (χ3v) is 4.00. The Morgan fingerprint density at radius 1 is 1.04 bits per heavy atom. The van der Waals surface area contributed by atoms with Gasteiger partial charge in [0.1, 0.15) is 5.75 Å². The zero-order valence-electron chi connectivity index (χ0n) is 17.0. The summed E-state index contributed by atoms with van der Waals surface area (Å²) in [4.78, 5) is 20.4. The van der Waals surface area contributed by atoms with Gasteiger partial charge in [-0.15, -0.1) is 0 Å². The number of carbonyl (C=O) groups excluding carboxylic acids is 1. The van der Waals surface area contributed by atoms with E-state index in [0.29, 0.717) is 11.7 Å². The van der Waals surface area contributed by atoms with Gasteiger partial charge in [0.05, 0.1) is 0 Å². The maximum absolute atomic E-state index is 11.7. The summed E-state index contributed by atoms with van der Waals surface area (Å²) >= 11 is 0. The van der Waals surface area contributed by atoms with Gasteiger partial charge in [-0.05, 0) is 36.0 Å². The molecule has 0 unspecified atom stereocenters. The Bertz CT molecular complexity index is 780. The molecule has 2 rings (SSSR count). The zero-order chi connectivity index (χ0) is 19.7. The number of anilines is 2. The van der Waals surface area contributed by atoms with E-state index in [-0.39, 0.29) is 16.8 Å². The normalized spacial score (nSPS) is 12.0. The fraction of sp³-hybridized carbons (Fsp3) is 0.476. The highest BCUT2D eigenvalue weighted by Crippen LogP contribution is 2.42. The molecular formula is C21H29N3O2. The molecule has 0 aliphatic carbocycles. The molecule has 1 aromatic carbocycles. The first-order valence-corrected chi connectivity index (χ1v) is 8.82. The van der Waals surface area contributed by atoms with Gasteiger partial charge in [-0.2, -0.15) is 0 Å². The zero-order valence-corrected chi connectivity index (χ0v) is 17.0. The molecule has 0 spiro atoms. The molecule has 0 fully saturated rings. The lowest BCUT2D eigenvalue weighted by Gasteiger charge is -2.30. The van der Waals surface area contributed by atoms with E-state index in [4.69, 9.17) is 4.74 Å². The van der Waals surface area contributed by atoms with E-state index in [1.54, 1.807) is 6.20 Å². The lowest BCUT2D eigenvalue weighted by Crippen LogP contribution is -2.21. The molecule has 0 bridgehead atoms. The van der Waals surface area contributed by atoms with Crippen LogP contribution in [0.25, 0.3) is 0 Å². The lowest BCUT2D eigenvalue weighted by molar-refractivity contribution is -0.132. The van der Waals surface area contributed by atoms with Crippen LogP contribution in [-0.2, 0) is 15.6 Å². The fourth-order valence-electron chi connectivity index (χ4n) is 2.71. The predicted molar refractivity (Wildman–Crippen MR) is 105 cm³/mol. The highest BCUT2D eigenvalue weighted by Gasteiger charge is 2.29. The van der Waals surface area contributed by atoms with Gasteiger partial charge in [-0.3, -0.25) is 4.79 Å². The molecule has 2 aromatic rings. The van der Waals surface area contributed by atoms with Crippen LogP contribution in [0.1, 0.15) is 65.3 Å². The SMILES string of the molecule is CC(=O)Oc1c(C(C)(C)C)cc(Nc2nccc(C)n2)cc1C(C)(C)C. The Balaban J connectivity index is 2.66. The van der Waals surface area contributed by atoms with Crippen molar-refractivity contribution in [1.82, 2.24) is 9.97 Å². The molecule has 0 saturated carbocycles. The molecule has 5 heteroatoms. The van der Waals surface area contributed by atoms with E-state index < -0.39 is 0 Å². The second kappa shape index (κ2) is 7.06. The van der Waals surface area contributed by atoms with Crippen molar-refractivity contribution in [2.75, 3.05) is 5.32 Å². The summed E-state index contributed by atoms with van der Waals surface area (Å²) < 4.78 is 5.66. The van der Waals surface area contributed by atoms with Crippen LogP contribution in [0.4, 0.5) is 11.6 Å². The summed E-state index contributed by atoms with van der Waals surface area (Å²) in [5.74, 6) is 0.877. The minimum atomic E-state index is -0.316. The molecular weight excluding hydrogens is 326 g/mol. The van der Waals surface area contributed by atoms with E-state index in [0.717, 1.165) is 22.5 Å². The number of nitrogens with one attached hydrogen (secondary N) is 1. The minimum absolute atomic E-state index is 0.198. The van der Waals surface area contributed by atoms with Gasteiger partial charge in [0, 0.05) is 35.6 Å². The minimum Gasteiger partial charge on any atom is -0.426 e. The van der Waals surface area contributed by atoms with E-state index in [1.165, 1.54) is 6.92 Å². The van der Waals surface area contributed by atoms with Crippen molar-refractivity contribution in [3.8, 4) is 5.75 Å². The van der Waals surface area contributed by atoms with Crippen LogP contribution < -0.4 is 10.1 Å². The maximum atomic E-state index is 11.7. The fourth-order valence-corrected chi connectivity index (χ4v) is 2.71. The van der Waals surface area contributed by atoms with E-state index in [1.807, 2.05) is 25.1 Å². The summed E-state index contributed by atoms with van der Waals surface area (Å²) in [6.45, 7) is 16.0. The number of carbonyl (C=O) groups is 1. The Morgan fingerprint density at radius 3 is 2.00 bits per heavy atom. The van der Waals surface area contributed by atoms with Crippen molar-refractivity contribution in [3.05, 3.63) is 41.2 Å². The third kappa shape index (κ3) is 4.81. The van der Waals surface area contributed by atoms with Crippen LogP contribution in [0.15, 0.2) is 24.4 Å². The highest BCUT2D eigenvalue weighted by molar-refractivity contribution is 5.73. The Kier molecular flexibility index (Phi) is 5.40. The molecule has 0 amide bonds. The first-order valence-electron chi connectivity index (χ1n) is 8.82. The van der Waals surface area contributed by atoms with E-state index >= 15 is 0 Å². The third-order valence-electron chi connectivity index (χ3n) is 4.00. The van der Waals surface area contributed by atoms with Crippen molar-refractivity contribution in [1.29, 1.82) is 0 Å². The summed E-state index contributed by atoms with van der Waals surface area (Å²) in [6.07, 6.45) is 1.73. The molecule has 140 valence electrons. The van der Waals surface area contributed by atoms with Crippen molar-refractivity contribution in [2.45, 2.75) is 66.2 Å². The largest absolute Gasteiger partial charge is 0.426 e. The molecule has 0 radical (unpaired) electrons. The number of esters is 1. The van der Waals surface area contributed by atoms with E-state index in [9.17, 15) is 4.79 Å². The van der Waals surface area contributed by atoms with Crippen molar-refractivity contribution in [3.63, 3.8) is 0 Å². The van der Waals surface area contributed by atoms with Crippen molar-refractivity contribution in [2.24, 2.45) is 0 Å². The van der Waals surface area contributed by atoms with E-state index in [2.05, 4.69) is 56.8 Å². The van der Waals surface area contributed by atoms with Crippen molar-refractivity contribution >= 4 is 17.6 Å². The van der Waals surface area contributed by atoms with Gasteiger partial charge in [-0.1, -0.05) is 41.5 Å². The van der Waals surface area contributed by atoms with Crippen LogP contribution >= 0.6 is 0 Å². The molecule has 5 nitrogen and oxygen atoms in total. The average molecular weight is 355 g/mol. The first-order chi connectivity index (χ1) is 11.9. The predicted octanol–water partition coefficient (Wildman–Crippen LogP) is 5.05. The van der Waals surface area contributed by atoms with Crippen LogP contribution in [0.2, 0.25) is 0 Å². The van der Waals surface area contributed by atoms with Gasteiger partial charge in [0.25, 0.3) is 0 Å². The second-order valence-corrected chi connectivity index (χ2v) is 8.64. The van der Waals surface area contributed by atoms with Crippen LogP contribution in [0.3, 0.4) is 0 Å². The first kappa shape index (κ1) is 19.9. The summed E-state index contributed by atoms with van der Waals surface area (Å²) in [5.41, 5.74) is 3.31. The number of hydrogen-bond acceptors (Lipinski definition) is 5. The molecule has 1 heterocycles. The molecule has 0 aliphatic rings. The Labute approximate surface area is 156 Å². The second-order valence-electron chi connectivity index (χ2n) is 8.64. The number of rotatable bonds is 3. The lowest BCUT2D eigenvalue weighted by atomic mass is 9.79. The number of nitrogens with zero attached hydrogens (tertiary/aromatic N) is 2. The summed E-state index contributed by atoms with van der Waals surface area (Å²) in [7, 11) is 0. The molecule has 1 aromatic heterocycles. The topological polar surface area (TPSA) is 64.1 Å². The molecule has 1 N–H and O–H groups in total. The average Bonchev–Trinajstić information content (AvgIpc) is 2.45. The Morgan fingerprint density at radius 2 is 1.58 bits per heavy atom. The summed E-state index contributed by atoms with van der Waals surface area (Å²) in [5, 5.41) is 3.29. The number of hydrogen-bond donors (Lipinski definition) is 1. The number of aryl methyl sites for hydroxylation is 1. The van der Waals surface area contributed by atoms with Gasteiger partial charge in [0.15, 0.2) is 0 Å². The van der Waals surface area contributed by atoms with Crippen molar-refractivity contribution < 1.29 is 9.53 Å². The van der Waals surface area contributed by atoms with Crippen LogP contribution in [0, 0.1) is 6.92 Å². The molecule has 0 saturated heterocycles. The maximum Gasteiger partial charge on any atom is 0.308 e. The smallest absolute Gasteiger partial charge is 0.308 e. The monoisotopic (exact) mass is 355 g/mol. The van der Waals surface area contributed by atoms with Gasteiger partial charge < -0.3 is 10.1 Å². The van der Waals surface area contributed by atoms with Gasteiger partial charge in [0.2, 0.25) is 5.95 Å². The molecule has 0 aliphatic heterocycles. The molecule has 26 heavy (non-hydrogen) atoms. The van der Waals surface area contributed by atoms with Gasteiger partial charge in [-0.25, -0.2) is 9.97 Å². The quantitative estimate of drug-likeness (QED) is 0.616. The van der Waals surface area contributed by atoms with Crippen LogP contribution in [0.5, 0.6) is 5.75 Å². The number of ether oxygens (including phenoxy) is 1. The van der Waals surface area contributed by atoms with Gasteiger partial charge >= 0.3 is 5.97 Å².